The van der Waals surface area contributed by atoms with Crippen LogP contribution in [0.25, 0.3) is 0 Å². The van der Waals surface area contributed by atoms with Gasteiger partial charge >= 0.3 is 0 Å². The van der Waals surface area contributed by atoms with Crippen LogP contribution in [0, 0.1) is 0 Å². The first kappa shape index (κ1) is 16.4. The molecule has 2 amide bonds. The van der Waals surface area contributed by atoms with E-state index in [1.807, 2.05) is 6.92 Å². The Morgan fingerprint density at radius 1 is 1.18 bits per heavy atom. The van der Waals surface area contributed by atoms with Gasteiger partial charge in [-0.2, -0.15) is 0 Å². The number of H-pyrrole nitrogens is 1. The van der Waals surface area contributed by atoms with E-state index in [1.165, 1.54) is 0 Å². The van der Waals surface area contributed by atoms with Crippen molar-refractivity contribution >= 4 is 11.8 Å². The quantitative estimate of drug-likeness (QED) is 0.582. The summed E-state index contributed by atoms with van der Waals surface area (Å²) in [4.78, 5) is 26.5. The first-order chi connectivity index (χ1) is 10.6. The molecule has 1 fully saturated rings. The molecule has 0 atom stereocenters. The molecule has 1 saturated carbocycles. The topological polar surface area (TPSA) is 126 Å². The molecule has 0 spiro atoms. The summed E-state index contributed by atoms with van der Waals surface area (Å²) in [5.41, 5.74) is 5.36. The molecule has 0 saturated heterocycles. The lowest BCUT2D eigenvalue weighted by molar-refractivity contribution is -0.121. The van der Waals surface area contributed by atoms with Crippen LogP contribution >= 0.6 is 0 Å². The van der Waals surface area contributed by atoms with Gasteiger partial charge in [0.15, 0.2) is 0 Å². The fraction of sp³-hybridized carbons (Fsp3) is 0.714. The Labute approximate surface area is 129 Å². The maximum atomic E-state index is 12.1. The lowest BCUT2D eigenvalue weighted by Crippen LogP contribution is -2.44. The van der Waals surface area contributed by atoms with Crippen LogP contribution in [-0.4, -0.2) is 45.6 Å². The number of aromatic amines is 1. The summed E-state index contributed by atoms with van der Waals surface area (Å²) in [5, 5.41) is 13.7. The average Bonchev–Trinajstić information content (AvgIpc) is 2.98. The normalized spacial score (nSPS) is 21.4. The van der Waals surface area contributed by atoms with Crippen molar-refractivity contribution in [3.05, 3.63) is 11.6 Å². The van der Waals surface area contributed by atoms with E-state index in [1.54, 1.807) is 0 Å². The molecular formula is C14H24N6O2. The molecule has 5 N–H and O–H groups in total. The summed E-state index contributed by atoms with van der Waals surface area (Å²) in [6.45, 7) is 2.32. The van der Waals surface area contributed by atoms with E-state index in [9.17, 15) is 9.59 Å². The lowest BCUT2D eigenvalue weighted by atomic mass is 9.91. The second kappa shape index (κ2) is 7.88. The van der Waals surface area contributed by atoms with Crippen LogP contribution in [-0.2, 0) is 11.2 Å². The van der Waals surface area contributed by atoms with Crippen molar-refractivity contribution < 1.29 is 9.59 Å². The van der Waals surface area contributed by atoms with E-state index in [2.05, 4.69) is 25.8 Å². The van der Waals surface area contributed by atoms with Crippen molar-refractivity contribution in [2.24, 2.45) is 5.73 Å². The fourth-order valence-electron chi connectivity index (χ4n) is 2.63. The zero-order valence-electron chi connectivity index (χ0n) is 12.9. The Kier molecular flexibility index (Phi) is 5.88. The number of carbonyl (C=O) groups excluding carboxylic acids is 2. The number of hydrogen-bond acceptors (Lipinski definition) is 5. The van der Waals surface area contributed by atoms with Crippen LogP contribution in [0.5, 0.6) is 0 Å². The zero-order chi connectivity index (χ0) is 15.9. The van der Waals surface area contributed by atoms with Crippen molar-refractivity contribution in [3.8, 4) is 0 Å². The smallest absolute Gasteiger partial charge is 0.289 e. The molecule has 0 unspecified atom stereocenters. The number of nitrogens with zero attached hydrogens (tertiary/aromatic N) is 2. The molecular weight excluding hydrogens is 284 g/mol. The van der Waals surface area contributed by atoms with Crippen LogP contribution in [0.3, 0.4) is 0 Å². The Morgan fingerprint density at radius 3 is 2.36 bits per heavy atom. The fourth-order valence-corrected chi connectivity index (χ4v) is 2.63. The summed E-state index contributed by atoms with van der Waals surface area (Å²) < 4.78 is 0. The Morgan fingerprint density at radius 2 is 1.82 bits per heavy atom. The summed E-state index contributed by atoms with van der Waals surface area (Å²) in [6.07, 6.45) is 4.48. The first-order valence-electron chi connectivity index (χ1n) is 7.84. The first-order valence-corrected chi connectivity index (χ1v) is 7.84. The van der Waals surface area contributed by atoms with Gasteiger partial charge in [-0.05, 0) is 25.7 Å². The van der Waals surface area contributed by atoms with Gasteiger partial charge < -0.3 is 21.4 Å². The van der Waals surface area contributed by atoms with E-state index < -0.39 is 0 Å². The van der Waals surface area contributed by atoms with Crippen LogP contribution in [0.15, 0.2) is 0 Å². The van der Waals surface area contributed by atoms with Crippen LogP contribution in [0.1, 0.15) is 55.5 Å². The number of amides is 2. The van der Waals surface area contributed by atoms with Crippen molar-refractivity contribution in [1.29, 1.82) is 0 Å². The number of hydrogen-bond donors (Lipinski definition) is 4. The molecule has 8 heteroatoms. The van der Waals surface area contributed by atoms with E-state index in [0.717, 1.165) is 25.7 Å². The van der Waals surface area contributed by atoms with Gasteiger partial charge in [0.25, 0.3) is 5.91 Å². The summed E-state index contributed by atoms with van der Waals surface area (Å²) >= 11 is 0. The average molecular weight is 308 g/mol. The third kappa shape index (κ3) is 4.52. The number of nitrogens with one attached hydrogen (secondary N) is 3. The molecule has 122 valence electrons. The Hall–Kier alpha value is -1.96. The molecule has 0 aliphatic heterocycles. The van der Waals surface area contributed by atoms with Crippen molar-refractivity contribution in [3.63, 3.8) is 0 Å². The number of carbonyl (C=O) groups is 2. The van der Waals surface area contributed by atoms with Crippen LogP contribution < -0.4 is 16.4 Å². The van der Waals surface area contributed by atoms with Crippen LogP contribution in [0.4, 0.5) is 0 Å². The van der Waals surface area contributed by atoms with Gasteiger partial charge in [0, 0.05) is 31.5 Å². The molecule has 1 aliphatic carbocycles. The second-order valence-electron chi connectivity index (χ2n) is 5.60. The van der Waals surface area contributed by atoms with Crippen molar-refractivity contribution in [2.75, 3.05) is 6.54 Å². The highest BCUT2D eigenvalue weighted by atomic mass is 16.2. The highest BCUT2D eigenvalue weighted by molar-refractivity contribution is 5.90. The van der Waals surface area contributed by atoms with Crippen LogP contribution in [0.2, 0.25) is 0 Å². The van der Waals surface area contributed by atoms with Crippen molar-refractivity contribution in [1.82, 2.24) is 25.8 Å². The number of rotatable bonds is 6. The maximum absolute atomic E-state index is 12.1. The highest BCUT2D eigenvalue weighted by Gasteiger charge is 2.24. The molecule has 1 heterocycles. The predicted molar refractivity (Wildman–Crippen MR) is 81.1 cm³/mol. The predicted octanol–water partition coefficient (Wildman–Crippen LogP) is -0.127. The van der Waals surface area contributed by atoms with E-state index >= 15 is 0 Å². The van der Waals surface area contributed by atoms with Crippen molar-refractivity contribution in [2.45, 2.75) is 57.5 Å². The largest absolute Gasteiger partial charge is 0.353 e. The molecule has 1 aromatic rings. The molecule has 0 aromatic carbocycles. The minimum Gasteiger partial charge on any atom is -0.353 e. The Balaban J connectivity index is 1.75. The molecule has 8 nitrogen and oxygen atoms in total. The lowest BCUT2D eigenvalue weighted by Gasteiger charge is -2.29. The second-order valence-corrected chi connectivity index (χ2v) is 5.60. The van der Waals surface area contributed by atoms with Gasteiger partial charge in [-0.1, -0.05) is 6.92 Å². The minimum absolute atomic E-state index is 0.00346. The molecule has 1 aromatic heterocycles. The van der Waals surface area contributed by atoms with Gasteiger partial charge in [0.2, 0.25) is 11.7 Å². The summed E-state index contributed by atoms with van der Waals surface area (Å²) in [6, 6.07) is 0.300. The highest BCUT2D eigenvalue weighted by Crippen LogP contribution is 2.19. The zero-order valence-corrected chi connectivity index (χ0v) is 12.9. The molecule has 2 rings (SSSR count). The standard InChI is InChI=1S/C14H24N6O2/c1-2-11-18-13(20-19-11)14(22)17-10-5-3-9(4-6-10)16-12(21)7-8-15/h9-10H,2-8,15H2,1H3,(H,16,21)(H,17,22)(H,18,19,20)/t9-,10-. The van der Waals surface area contributed by atoms with E-state index in [0.29, 0.717) is 25.2 Å². The monoisotopic (exact) mass is 308 g/mol. The molecule has 0 bridgehead atoms. The maximum Gasteiger partial charge on any atom is 0.289 e. The third-order valence-electron chi connectivity index (χ3n) is 3.88. The summed E-state index contributed by atoms with van der Waals surface area (Å²) in [5.74, 6) is 0.748. The SMILES string of the molecule is CCc1nnc(C(=O)N[C@H]2CC[C@H](NC(=O)CCN)CC2)[nH]1. The van der Waals surface area contributed by atoms with E-state index in [4.69, 9.17) is 5.73 Å². The van der Waals surface area contributed by atoms with Gasteiger partial charge in [-0.25, -0.2) is 0 Å². The van der Waals surface area contributed by atoms with Gasteiger partial charge in [0.1, 0.15) is 5.82 Å². The van der Waals surface area contributed by atoms with Gasteiger partial charge in [0.05, 0.1) is 0 Å². The van der Waals surface area contributed by atoms with Gasteiger partial charge in [-0.15, -0.1) is 10.2 Å². The number of aromatic nitrogens is 3. The summed E-state index contributed by atoms with van der Waals surface area (Å²) in [7, 11) is 0. The number of nitrogens with two attached hydrogens (primary N) is 1. The molecule has 1 aliphatic rings. The third-order valence-corrected chi connectivity index (χ3v) is 3.88. The molecule has 0 radical (unpaired) electrons. The number of aryl methyl sites for hydroxylation is 1. The minimum atomic E-state index is -0.220. The van der Waals surface area contributed by atoms with E-state index in [-0.39, 0.29) is 29.7 Å². The van der Waals surface area contributed by atoms with Gasteiger partial charge in [-0.3, -0.25) is 9.59 Å². The molecule has 22 heavy (non-hydrogen) atoms. The Bertz CT molecular complexity index is 507.